The van der Waals surface area contributed by atoms with Gasteiger partial charge in [-0.05, 0) is 32.5 Å². The van der Waals surface area contributed by atoms with Gasteiger partial charge in [-0.15, -0.1) is 0 Å². The molecule has 0 radical (unpaired) electrons. The molecule has 0 fully saturated rings. The zero-order valence-corrected chi connectivity index (χ0v) is 13.0. The van der Waals surface area contributed by atoms with Gasteiger partial charge >= 0.3 is 0 Å². The van der Waals surface area contributed by atoms with Crippen molar-refractivity contribution < 1.29 is 4.74 Å². The van der Waals surface area contributed by atoms with Crippen molar-refractivity contribution in [3.63, 3.8) is 0 Å². The molecule has 0 bridgehead atoms. The molecule has 0 saturated heterocycles. The average Bonchev–Trinajstić information content (AvgIpc) is 2.39. The predicted octanol–water partition coefficient (Wildman–Crippen LogP) is 2.71. The first kappa shape index (κ1) is 16.2. The Morgan fingerprint density at radius 1 is 1.42 bits per heavy atom. The second-order valence-corrected chi connectivity index (χ2v) is 5.07. The molecule has 108 valence electrons. The number of halogens is 1. The van der Waals surface area contributed by atoms with Gasteiger partial charge in [0.05, 0.1) is 17.3 Å². The Hall–Kier alpha value is -0.840. The van der Waals surface area contributed by atoms with Gasteiger partial charge in [0.15, 0.2) is 0 Å². The minimum atomic E-state index is 0.371. The van der Waals surface area contributed by atoms with Crippen LogP contribution in [0.5, 0.6) is 0 Å². The highest BCUT2D eigenvalue weighted by Gasteiger charge is 2.13. The number of pyridine rings is 1. The van der Waals surface area contributed by atoms with Gasteiger partial charge in [0.25, 0.3) is 0 Å². The van der Waals surface area contributed by atoms with Crippen molar-refractivity contribution in [1.82, 2.24) is 10.3 Å². The first-order chi connectivity index (χ1) is 9.10. The molecule has 5 heteroatoms. The quantitative estimate of drug-likeness (QED) is 0.797. The van der Waals surface area contributed by atoms with E-state index in [0.717, 1.165) is 24.6 Å². The number of methoxy groups -OCH3 is 1. The van der Waals surface area contributed by atoms with Gasteiger partial charge in [-0.3, -0.25) is 0 Å². The predicted molar refractivity (Wildman–Crippen MR) is 81.0 cm³/mol. The van der Waals surface area contributed by atoms with Gasteiger partial charge in [-0.2, -0.15) is 0 Å². The summed E-state index contributed by atoms with van der Waals surface area (Å²) in [6.45, 7) is 9.47. The third kappa shape index (κ3) is 4.97. The lowest BCUT2D eigenvalue weighted by atomic mass is 10.2. The zero-order chi connectivity index (χ0) is 14.3. The molecule has 1 aromatic heterocycles. The van der Waals surface area contributed by atoms with Crippen molar-refractivity contribution in [2.75, 3.05) is 31.7 Å². The molecule has 0 atom stereocenters. The summed E-state index contributed by atoms with van der Waals surface area (Å²) in [5, 5.41) is 3.96. The number of anilines is 1. The lowest BCUT2D eigenvalue weighted by Crippen LogP contribution is -2.34. The normalized spacial score (nSPS) is 11.1. The molecule has 0 aliphatic rings. The number of ether oxygens (including phenoxy) is 1. The molecule has 19 heavy (non-hydrogen) atoms. The summed E-state index contributed by atoms with van der Waals surface area (Å²) in [4.78, 5) is 6.88. The fourth-order valence-electron chi connectivity index (χ4n) is 1.83. The lowest BCUT2D eigenvalue weighted by Gasteiger charge is -2.28. The molecule has 1 rings (SSSR count). The summed E-state index contributed by atoms with van der Waals surface area (Å²) < 4.78 is 5.15. The van der Waals surface area contributed by atoms with Crippen LogP contribution in [0.25, 0.3) is 0 Å². The molecular weight excluding hydrogens is 262 g/mol. The van der Waals surface area contributed by atoms with E-state index in [1.165, 1.54) is 0 Å². The molecule has 4 nitrogen and oxygen atoms in total. The molecule has 1 heterocycles. The summed E-state index contributed by atoms with van der Waals surface area (Å²) in [5.74, 6) is 0.948. The molecule has 1 N–H and O–H groups in total. The average molecular weight is 286 g/mol. The molecule has 0 unspecified atom stereocenters. The van der Waals surface area contributed by atoms with E-state index in [1.807, 2.05) is 12.1 Å². The van der Waals surface area contributed by atoms with E-state index in [-0.39, 0.29) is 0 Å². The highest BCUT2D eigenvalue weighted by Crippen LogP contribution is 2.20. The van der Waals surface area contributed by atoms with Crippen LogP contribution in [0.15, 0.2) is 12.1 Å². The van der Waals surface area contributed by atoms with Crippen LogP contribution in [0.2, 0.25) is 5.02 Å². The fraction of sp³-hybridized carbons (Fsp3) is 0.643. The number of nitrogens with zero attached hydrogens (tertiary/aromatic N) is 2. The van der Waals surface area contributed by atoms with Gasteiger partial charge in [-0.25, -0.2) is 4.98 Å². The van der Waals surface area contributed by atoms with Crippen molar-refractivity contribution in [3.05, 3.63) is 22.8 Å². The maximum absolute atomic E-state index is 6.17. The van der Waals surface area contributed by atoms with Gasteiger partial charge in [0, 0.05) is 26.2 Å². The zero-order valence-electron chi connectivity index (χ0n) is 12.2. The van der Waals surface area contributed by atoms with E-state index < -0.39 is 0 Å². The van der Waals surface area contributed by atoms with Crippen LogP contribution < -0.4 is 10.2 Å². The standard InChI is InChI=1S/C14H24ClN3O/c1-5-16-10-13-12(15)6-7-14(17-13)18(11(2)3)8-9-19-4/h6-7,11,16H,5,8-10H2,1-4H3. The van der Waals surface area contributed by atoms with Gasteiger partial charge in [-0.1, -0.05) is 18.5 Å². The van der Waals surface area contributed by atoms with E-state index in [1.54, 1.807) is 7.11 Å². The molecule has 1 aromatic rings. The third-order valence-electron chi connectivity index (χ3n) is 2.90. The first-order valence-electron chi connectivity index (χ1n) is 6.71. The van der Waals surface area contributed by atoms with Gasteiger partial charge in [0.2, 0.25) is 0 Å². The number of hydrogen-bond acceptors (Lipinski definition) is 4. The monoisotopic (exact) mass is 285 g/mol. The number of aromatic nitrogens is 1. The Morgan fingerprint density at radius 3 is 2.74 bits per heavy atom. The van der Waals surface area contributed by atoms with Crippen LogP contribution in [0.4, 0.5) is 5.82 Å². The van der Waals surface area contributed by atoms with E-state index >= 15 is 0 Å². The smallest absolute Gasteiger partial charge is 0.129 e. The SMILES string of the molecule is CCNCc1nc(N(CCOC)C(C)C)ccc1Cl. The van der Waals surface area contributed by atoms with Crippen LogP contribution in [0, 0.1) is 0 Å². The minimum Gasteiger partial charge on any atom is -0.383 e. The highest BCUT2D eigenvalue weighted by atomic mass is 35.5. The Kier molecular flexibility index (Phi) is 7.13. The Bertz CT molecular complexity index is 385. The van der Waals surface area contributed by atoms with Crippen molar-refractivity contribution >= 4 is 17.4 Å². The second kappa shape index (κ2) is 8.35. The van der Waals surface area contributed by atoms with Gasteiger partial charge < -0.3 is 15.0 Å². The largest absolute Gasteiger partial charge is 0.383 e. The molecule has 0 aliphatic carbocycles. The Balaban J connectivity index is 2.90. The number of rotatable bonds is 8. The van der Waals surface area contributed by atoms with E-state index in [0.29, 0.717) is 24.2 Å². The lowest BCUT2D eigenvalue weighted by molar-refractivity contribution is 0.203. The number of nitrogens with one attached hydrogen (secondary N) is 1. The van der Waals surface area contributed by atoms with Crippen molar-refractivity contribution in [3.8, 4) is 0 Å². The Morgan fingerprint density at radius 2 is 2.16 bits per heavy atom. The number of hydrogen-bond donors (Lipinski definition) is 1. The van der Waals surface area contributed by atoms with Crippen LogP contribution in [-0.4, -0.2) is 37.8 Å². The van der Waals surface area contributed by atoms with Crippen LogP contribution >= 0.6 is 11.6 Å². The maximum Gasteiger partial charge on any atom is 0.129 e. The molecule has 0 aromatic carbocycles. The summed E-state index contributed by atoms with van der Waals surface area (Å²) in [6.07, 6.45) is 0. The molecule has 0 aliphatic heterocycles. The minimum absolute atomic E-state index is 0.371. The van der Waals surface area contributed by atoms with Crippen molar-refractivity contribution in [2.24, 2.45) is 0 Å². The summed E-state index contributed by atoms with van der Waals surface area (Å²) in [7, 11) is 1.71. The van der Waals surface area contributed by atoms with E-state index in [9.17, 15) is 0 Å². The Labute approximate surface area is 121 Å². The molecular formula is C14H24ClN3O. The van der Waals surface area contributed by atoms with Crippen LogP contribution in [0.3, 0.4) is 0 Å². The second-order valence-electron chi connectivity index (χ2n) is 4.66. The van der Waals surface area contributed by atoms with Crippen molar-refractivity contribution in [2.45, 2.75) is 33.4 Å². The fourth-order valence-corrected chi connectivity index (χ4v) is 2.00. The summed E-state index contributed by atoms with van der Waals surface area (Å²) in [6, 6.07) is 4.25. The molecule has 0 amide bonds. The third-order valence-corrected chi connectivity index (χ3v) is 3.24. The summed E-state index contributed by atoms with van der Waals surface area (Å²) in [5.41, 5.74) is 0.893. The molecule has 0 saturated carbocycles. The highest BCUT2D eigenvalue weighted by molar-refractivity contribution is 6.31. The van der Waals surface area contributed by atoms with Crippen molar-refractivity contribution in [1.29, 1.82) is 0 Å². The van der Waals surface area contributed by atoms with E-state index in [4.69, 9.17) is 16.3 Å². The summed E-state index contributed by atoms with van der Waals surface area (Å²) >= 11 is 6.17. The van der Waals surface area contributed by atoms with Crippen LogP contribution in [-0.2, 0) is 11.3 Å². The van der Waals surface area contributed by atoms with Gasteiger partial charge in [0.1, 0.15) is 5.82 Å². The van der Waals surface area contributed by atoms with Crippen LogP contribution in [0.1, 0.15) is 26.5 Å². The molecule has 0 spiro atoms. The van der Waals surface area contributed by atoms with E-state index in [2.05, 4.69) is 36.0 Å². The topological polar surface area (TPSA) is 37.4 Å². The maximum atomic E-state index is 6.17. The first-order valence-corrected chi connectivity index (χ1v) is 7.09.